The van der Waals surface area contributed by atoms with Gasteiger partial charge in [0.1, 0.15) is 5.75 Å². The van der Waals surface area contributed by atoms with Crippen molar-refractivity contribution in [2.24, 2.45) is 5.92 Å². The van der Waals surface area contributed by atoms with Crippen LogP contribution in [0.3, 0.4) is 0 Å². The Bertz CT molecular complexity index is 365. The molecule has 0 radical (unpaired) electrons. The van der Waals surface area contributed by atoms with Gasteiger partial charge in [0.25, 0.3) is 0 Å². The maximum Gasteiger partial charge on any atom is 0.119 e. The molecule has 0 aliphatic heterocycles. The predicted molar refractivity (Wildman–Crippen MR) is 88.8 cm³/mol. The third kappa shape index (κ3) is 5.98. The topological polar surface area (TPSA) is 9.23 Å². The number of benzene rings is 1. The van der Waals surface area contributed by atoms with E-state index in [0.29, 0.717) is 11.8 Å². The first-order chi connectivity index (χ1) is 9.40. The fourth-order valence-corrected chi connectivity index (χ4v) is 2.24. The maximum absolute atomic E-state index is 5.97. The van der Waals surface area contributed by atoms with Gasteiger partial charge in [-0.2, -0.15) is 0 Å². The van der Waals surface area contributed by atoms with Gasteiger partial charge in [-0.1, -0.05) is 54.0 Å². The molecule has 114 valence electrons. The number of unbranched alkanes of at least 4 members (excludes halogenated alkanes) is 1. The normalized spacial score (nSPS) is 11.7. The molecule has 0 aliphatic rings. The van der Waals surface area contributed by atoms with E-state index in [1.54, 1.807) is 0 Å². The minimum absolute atomic E-state index is 0.553. The van der Waals surface area contributed by atoms with Crippen LogP contribution in [0.2, 0.25) is 0 Å². The van der Waals surface area contributed by atoms with Gasteiger partial charge in [0.2, 0.25) is 0 Å². The molecule has 0 unspecified atom stereocenters. The van der Waals surface area contributed by atoms with Crippen LogP contribution < -0.4 is 4.74 Å². The lowest BCUT2D eigenvalue weighted by Crippen LogP contribution is -2.01. The van der Waals surface area contributed by atoms with E-state index in [1.165, 1.54) is 24.0 Å². The molecule has 0 fully saturated rings. The molecule has 0 aliphatic carbocycles. The molecule has 1 aromatic carbocycles. The van der Waals surface area contributed by atoms with Gasteiger partial charge in [-0.3, -0.25) is 0 Å². The Morgan fingerprint density at radius 1 is 0.800 bits per heavy atom. The number of ether oxygens (including phenoxy) is 1. The van der Waals surface area contributed by atoms with Gasteiger partial charge in [-0.25, -0.2) is 0 Å². The molecule has 0 amide bonds. The van der Waals surface area contributed by atoms with Crippen molar-refractivity contribution in [2.75, 3.05) is 6.61 Å². The molecule has 0 spiro atoms. The summed E-state index contributed by atoms with van der Waals surface area (Å²) in [5, 5.41) is 0. The van der Waals surface area contributed by atoms with Crippen LogP contribution >= 0.6 is 0 Å². The second kappa shape index (κ2) is 8.34. The van der Waals surface area contributed by atoms with Crippen molar-refractivity contribution in [3.05, 3.63) is 29.3 Å². The van der Waals surface area contributed by atoms with Crippen LogP contribution in [0.5, 0.6) is 5.75 Å². The average molecular weight is 276 g/mol. The van der Waals surface area contributed by atoms with Crippen molar-refractivity contribution in [1.29, 1.82) is 0 Å². The zero-order chi connectivity index (χ0) is 15.1. The summed E-state index contributed by atoms with van der Waals surface area (Å²) in [6.07, 6.45) is 3.71. The van der Waals surface area contributed by atoms with Crippen LogP contribution in [0.4, 0.5) is 0 Å². The van der Waals surface area contributed by atoms with Gasteiger partial charge in [-0.05, 0) is 53.9 Å². The lowest BCUT2D eigenvalue weighted by atomic mass is 9.95. The van der Waals surface area contributed by atoms with E-state index in [4.69, 9.17) is 4.74 Å². The average Bonchev–Trinajstić information content (AvgIpc) is 2.37. The van der Waals surface area contributed by atoms with Crippen molar-refractivity contribution in [1.82, 2.24) is 0 Å². The molecule has 0 saturated heterocycles. The van der Waals surface area contributed by atoms with Crippen molar-refractivity contribution in [2.45, 2.75) is 72.6 Å². The summed E-state index contributed by atoms with van der Waals surface area (Å²) in [6.45, 7) is 14.4. The third-order valence-electron chi connectivity index (χ3n) is 3.73. The largest absolute Gasteiger partial charge is 0.494 e. The quantitative estimate of drug-likeness (QED) is 0.518. The molecule has 1 aromatic rings. The second-order valence-corrected chi connectivity index (χ2v) is 6.88. The first kappa shape index (κ1) is 17.1. The van der Waals surface area contributed by atoms with Crippen molar-refractivity contribution in [3.8, 4) is 5.75 Å². The molecule has 0 bridgehead atoms. The van der Waals surface area contributed by atoms with E-state index >= 15 is 0 Å². The monoisotopic (exact) mass is 276 g/mol. The summed E-state index contributed by atoms with van der Waals surface area (Å²) in [7, 11) is 0. The highest BCUT2D eigenvalue weighted by Gasteiger charge is 2.08. The minimum Gasteiger partial charge on any atom is -0.494 e. The summed E-state index contributed by atoms with van der Waals surface area (Å²) in [4.78, 5) is 0. The number of hydrogen-bond donors (Lipinski definition) is 0. The van der Waals surface area contributed by atoms with E-state index in [9.17, 15) is 0 Å². The Balaban J connectivity index is 2.60. The van der Waals surface area contributed by atoms with Crippen LogP contribution in [-0.2, 0) is 0 Å². The Morgan fingerprint density at radius 3 is 1.80 bits per heavy atom. The molecule has 20 heavy (non-hydrogen) atoms. The summed E-state index contributed by atoms with van der Waals surface area (Å²) in [5.74, 6) is 2.95. The molecule has 1 rings (SSSR count). The third-order valence-corrected chi connectivity index (χ3v) is 3.73. The summed E-state index contributed by atoms with van der Waals surface area (Å²) in [5.41, 5.74) is 2.77. The highest BCUT2D eigenvalue weighted by molar-refractivity contribution is 5.37. The number of rotatable bonds is 8. The lowest BCUT2D eigenvalue weighted by Gasteiger charge is -2.15. The van der Waals surface area contributed by atoms with Gasteiger partial charge in [-0.15, -0.1) is 0 Å². The van der Waals surface area contributed by atoms with Crippen LogP contribution in [-0.4, -0.2) is 6.61 Å². The Labute approximate surface area is 125 Å². The fraction of sp³-hybridized carbons (Fsp3) is 0.684. The molecule has 0 saturated carbocycles. The zero-order valence-corrected chi connectivity index (χ0v) is 14.2. The minimum atomic E-state index is 0.553. The van der Waals surface area contributed by atoms with Gasteiger partial charge < -0.3 is 4.74 Å². The molecular formula is C19H32O. The smallest absolute Gasteiger partial charge is 0.119 e. The highest BCUT2D eigenvalue weighted by atomic mass is 16.5. The molecule has 1 heteroatoms. The maximum atomic E-state index is 5.97. The summed E-state index contributed by atoms with van der Waals surface area (Å²) in [6, 6.07) is 6.74. The molecule has 0 aromatic heterocycles. The van der Waals surface area contributed by atoms with Crippen LogP contribution in [0.25, 0.3) is 0 Å². The van der Waals surface area contributed by atoms with Gasteiger partial charge in [0.05, 0.1) is 6.61 Å². The molecule has 0 atom stereocenters. The van der Waals surface area contributed by atoms with Crippen LogP contribution in [0, 0.1) is 5.92 Å². The zero-order valence-electron chi connectivity index (χ0n) is 14.2. The van der Waals surface area contributed by atoms with Gasteiger partial charge in [0, 0.05) is 0 Å². The van der Waals surface area contributed by atoms with Gasteiger partial charge in [0.15, 0.2) is 0 Å². The standard InChI is InChI=1S/C19H32O/c1-14(2)9-7-8-10-20-19-12-17(15(3)4)11-18(13-19)16(5)6/h11-16H,7-10H2,1-6H3. The summed E-state index contributed by atoms with van der Waals surface area (Å²) < 4.78 is 5.97. The molecule has 1 nitrogen and oxygen atoms in total. The first-order valence-electron chi connectivity index (χ1n) is 8.17. The molecular weight excluding hydrogens is 244 g/mol. The van der Waals surface area contributed by atoms with Crippen LogP contribution in [0.1, 0.15) is 83.8 Å². The fourth-order valence-electron chi connectivity index (χ4n) is 2.24. The Kier molecular flexibility index (Phi) is 7.12. The van der Waals surface area contributed by atoms with Crippen molar-refractivity contribution >= 4 is 0 Å². The predicted octanol–water partition coefficient (Wildman–Crippen LogP) is 6.14. The Morgan fingerprint density at radius 2 is 1.35 bits per heavy atom. The SMILES string of the molecule is CC(C)CCCCOc1cc(C(C)C)cc(C(C)C)c1. The van der Waals surface area contributed by atoms with Crippen molar-refractivity contribution < 1.29 is 4.74 Å². The van der Waals surface area contributed by atoms with E-state index in [1.807, 2.05) is 0 Å². The highest BCUT2D eigenvalue weighted by Crippen LogP contribution is 2.27. The van der Waals surface area contributed by atoms with E-state index in [0.717, 1.165) is 24.7 Å². The van der Waals surface area contributed by atoms with E-state index in [2.05, 4.69) is 59.7 Å². The molecule has 0 N–H and O–H groups in total. The summed E-state index contributed by atoms with van der Waals surface area (Å²) >= 11 is 0. The van der Waals surface area contributed by atoms with E-state index < -0.39 is 0 Å². The van der Waals surface area contributed by atoms with Crippen LogP contribution in [0.15, 0.2) is 18.2 Å². The second-order valence-electron chi connectivity index (χ2n) is 6.88. The Hall–Kier alpha value is -0.980. The molecule has 0 heterocycles. The number of hydrogen-bond acceptors (Lipinski definition) is 1. The van der Waals surface area contributed by atoms with Crippen molar-refractivity contribution in [3.63, 3.8) is 0 Å². The van der Waals surface area contributed by atoms with Gasteiger partial charge >= 0.3 is 0 Å². The van der Waals surface area contributed by atoms with E-state index in [-0.39, 0.29) is 0 Å². The first-order valence-corrected chi connectivity index (χ1v) is 8.17. The lowest BCUT2D eigenvalue weighted by molar-refractivity contribution is 0.301.